The van der Waals surface area contributed by atoms with Gasteiger partial charge in [-0.1, -0.05) is 85.8 Å². The Kier molecular flexibility index (Phi) is 8.05. The van der Waals surface area contributed by atoms with E-state index >= 15 is 0 Å². The number of nitrogens with one attached hydrogen (secondary N) is 1. The summed E-state index contributed by atoms with van der Waals surface area (Å²) in [6, 6.07) is 1.45. The van der Waals surface area contributed by atoms with Crippen molar-refractivity contribution in [3.8, 4) is 0 Å². The van der Waals surface area contributed by atoms with E-state index in [1.807, 2.05) is 11.1 Å². The van der Waals surface area contributed by atoms with Gasteiger partial charge in [0.2, 0.25) is 0 Å². The summed E-state index contributed by atoms with van der Waals surface area (Å²) in [6.45, 7) is 20.2. The first-order valence-corrected chi connectivity index (χ1v) is 17.0. The molecule has 0 aliphatic heterocycles. The third-order valence-electron chi connectivity index (χ3n) is 14.3. The molecule has 0 aromatic rings. The van der Waals surface area contributed by atoms with Crippen molar-refractivity contribution in [2.75, 3.05) is 0 Å². The molecule has 2 heteroatoms. The van der Waals surface area contributed by atoms with E-state index in [-0.39, 0.29) is 11.5 Å². The van der Waals surface area contributed by atoms with E-state index in [4.69, 9.17) is 0 Å². The van der Waals surface area contributed by atoms with Gasteiger partial charge in [0, 0.05) is 12.1 Å². The second-order valence-corrected chi connectivity index (χ2v) is 16.6. The molecule has 5 aliphatic carbocycles. The number of aliphatic hydroxyl groups excluding tert-OH is 1. The van der Waals surface area contributed by atoms with Crippen molar-refractivity contribution in [3.05, 3.63) is 11.1 Å². The lowest BCUT2D eigenvalue weighted by molar-refractivity contribution is -0.0962. The van der Waals surface area contributed by atoms with Crippen LogP contribution in [0.3, 0.4) is 0 Å². The first-order valence-electron chi connectivity index (χ1n) is 17.0. The van der Waals surface area contributed by atoms with E-state index in [2.05, 4.69) is 60.7 Å². The molecule has 0 saturated heterocycles. The molecule has 0 amide bonds. The lowest BCUT2D eigenvalue weighted by Gasteiger charge is -2.62. The van der Waals surface area contributed by atoms with Crippen molar-refractivity contribution in [3.63, 3.8) is 0 Å². The largest absolute Gasteiger partial charge is 0.393 e. The van der Waals surface area contributed by atoms with E-state index < -0.39 is 0 Å². The van der Waals surface area contributed by atoms with Crippen molar-refractivity contribution < 1.29 is 5.11 Å². The molecule has 0 bridgehead atoms. The average molecular weight is 526 g/mol. The first kappa shape index (κ1) is 29.2. The average Bonchev–Trinajstić information content (AvgIpc) is 3.16. The zero-order valence-corrected chi connectivity index (χ0v) is 26.6. The minimum absolute atomic E-state index is 0.0402. The molecule has 8 atom stereocenters. The number of fused-ring (bicyclic) bond motifs is 4. The van der Waals surface area contributed by atoms with E-state index in [1.165, 1.54) is 89.9 Å². The maximum atomic E-state index is 10.9. The van der Waals surface area contributed by atoms with Crippen LogP contribution >= 0.6 is 0 Å². The molecule has 5 aliphatic rings. The Morgan fingerprint density at radius 2 is 1.50 bits per heavy atom. The standard InChI is InChI=1S/C36H63NO/c1-24(2)30(37-26-12-10-9-11-13-26)16-14-25(3)27-18-22-36(8)29-15-17-31-33(4,5)32(38)20-21-34(31,6)28(29)19-23-35(27,36)7/h24-27,30-32,37-38H,9-23H2,1-8H3. The van der Waals surface area contributed by atoms with Crippen molar-refractivity contribution in [2.45, 2.75) is 170 Å². The Morgan fingerprint density at radius 3 is 2.18 bits per heavy atom. The maximum Gasteiger partial charge on any atom is 0.0594 e. The van der Waals surface area contributed by atoms with Gasteiger partial charge >= 0.3 is 0 Å². The smallest absolute Gasteiger partial charge is 0.0594 e. The fraction of sp³-hybridized carbons (Fsp3) is 0.944. The van der Waals surface area contributed by atoms with Crippen LogP contribution in [0.4, 0.5) is 0 Å². The second kappa shape index (κ2) is 10.5. The highest BCUT2D eigenvalue weighted by Gasteiger charge is 2.63. The molecular weight excluding hydrogens is 462 g/mol. The fourth-order valence-electron chi connectivity index (χ4n) is 11.5. The Balaban J connectivity index is 1.31. The Hall–Kier alpha value is -0.340. The molecule has 38 heavy (non-hydrogen) atoms. The van der Waals surface area contributed by atoms with E-state index in [9.17, 15) is 5.11 Å². The first-order chi connectivity index (χ1) is 17.8. The van der Waals surface area contributed by atoms with Crippen LogP contribution in [-0.4, -0.2) is 23.3 Å². The highest BCUT2D eigenvalue weighted by atomic mass is 16.3. The lowest BCUT2D eigenvalue weighted by Crippen LogP contribution is -2.55. The summed E-state index contributed by atoms with van der Waals surface area (Å²) in [4.78, 5) is 0. The van der Waals surface area contributed by atoms with Gasteiger partial charge in [-0.05, 0) is 122 Å². The van der Waals surface area contributed by atoms with E-state index in [1.54, 1.807) is 0 Å². The van der Waals surface area contributed by atoms with E-state index in [0.29, 0.717) is 28.2 Å². The van der Waals surface area contributed by atoms with Gasteiger partial charge in [0.05, 0.1) is 6.10 Å². The molecule has 5 rings (SSSR count). The third-order valence-corrected chi connectivity index (χ3v) is 14.3. The Morgan fingerprint density at radius 1 is 0.789 bits per heavy atom. The minimum Gasteiger partial charge on any atom is -0.393 e. The summed E-state index contributed by atoms with van der Waals surface area (Å²) in [5, 5.41) is 15.0. The van der Waals surface area contributed by atoms with Gasteiger partial charge in [0.1, 0.15) is 0 Å². The monoisotopic (exact) mass is 525 g/mol. The van der Waals surface area contributed by atoms with Crippen LogP contribution < -0.4 is 5.32 Å². The number of allylic oxidation sites excluding steroid dienone is 2. The third kappa shape index (κ3) is 4.59. The van der Waals surface area contributed by atoms with Gasteiger partial charge in [-0.15, -0.1) is 0 Å². The molecule has 0 aromatic heterocycles. The van der Waals surface area contributed by atoms with Crippen molar-refractivity contribution in [1.82, 2.24) is 5.32 Å². The van der Waals surface area contributed by atoms with Gasteiger partial charge in [-0.2, -0.15) is 0 Å². The summed E-state index contributed by atoms with van der Waals surface area (Å²) >= 11 is 0. The van der Waals surface area contributed by atoms with Crippen LogP contribution in [0.1, 0.15) is 152 Å². The highest BCUT2D eigenvalue weighted by molar-refractivity contribution is 5.38. The number of aliphatic hydroxyl groups is 1. The molecule has 0 radical (unpaired) electrons. The van der Waals surface area contributed by atoms with Crippen molar-refractivity contribution >= 4 is 0 Å². The van der Waals surface area contributed by atoms with Crippen LogP contribution in [-0.2, 0) is 0 Å². The molecule has 0 aromatic carbocycles. The summed E-state index contributed by atoms with van der Waals surface area (Å²) < 4.78 is 0. The molecule has 218 valence electrons. The number of rotatable bonds is 7. The van der Waals surface area contributed by atoms with Gasteiger partial charge < -0.3 is 10.4 Å². The second-order valence-electron chi connectivity index (χ2n) is 16.6. The molecule has 2 nitrogen and oxygen atoms in total. The molecule has 3 fully saturated rings. The topological polar surface area (TPSA) is 32.3 Å². The predicted molar refractivity (Wildman–Crippen MR) is 162 cm³/mol. The highest BCUT2D eigenvalue weighted by Crippen LogP contribution is 2.72. The van der Waals surface area contributed by atoms with Crippen LogP contribution in [0.5, 0.6) is 0 Å². The zero-order chi connectivity index (χ0) is 27.5. The summed E-state index contributed by atoms with van der Waals surface area (Å²) in [5.74, 6) is 3.03. The fourth-order valence-corrected chi connectivity index (χ4v) is 11.5. The minimum atomic E-state index is -0.133. The van der Waals surface area contributed by atoms with Gasteiger partial charge in [-0.3, -0.25) is 0 Å². The number of hydrogen-bond acceptors (Lipinski definition) is 2. The van der Waals surface area contributed by atoms with Crippen LogP contribution in [0.2, 0.25) is 0 Å². The molecular formula is C36H63NO. The molecule has 8 unspecified atom stereocenters. The molecule has 3 saturated carbocycles. The Labute approximate surface area is 236 Å². The summed E-state index contributed by atoms with van der Waals surface area (Å²) in [5.41, 5.74) is 4.93. The normalized spacial score (nSPS) is 42.9. The summed E-state index contributed by atoms with van der Waals surface area (Å²) in [6.07, 6.45) is 20.0. The molecule has 0 spiro atoms. The zero-order valence-electron chi connectivity index (χ0n) is 26.6. The van der Waals surface area contributed by atoms with Crippen molar-refractivity contribution in [1.29, 1.82) is 0 Å². The predicted octanol–water partition coefficient (Wildman–Crippen LogP) is 9.46. The quantitative estimate of drug-likeness (QED) is 0.324. The van der Waals surface area contributed by atoms with Crippen LogP contribution in [0.15, 0.2) is 11.1 Å². The van der Waals surface area contributed by atoms with Crippen molar-refractivity contribution in [2.24, 2.45) is 45.3 Å². The molecule has 0 heterocycles. The SMILES string of the molecule is CC(C)C(CCC(C)C1CCC2(C)C3=C(CCC12C)C1(C)CCC(O)C(C)(C)C1CC3)NC1CCCCC1. The lowest BCUT2D eigenvalue weighted by atomic mass is 9.43. The van der Waals surface area contributed by atoms with Crippen LogP contribution in [0, 0.1) is 45.3 Å². The summed E-state index contributed by atoms with van der Waals surface area (Å²) in [7, 11) is 0. The number of hydrogen-bond donors (Lipinski definition) is 2. The Bertz CT molecular complexity index is 882. The van der Waals surface area contributed by atoms with E-state index in [0.717, 1.165) is 30.2 Å². The molecule has 2 N–H and O–H groups in total. The van der Waals surface area contributed by atoms with Gasteiger partial charge in [0.15, 0.2) is 0 Å². The maximum absolute atomic E-state index is 10.9. The van der Waals surface area contributed by atoms with Gasteiger partial charge in [0.25, 0.3) is 0 Å². The van der Waals surface area contributed by atoms with Gasteiger partial charge in [-0.25, -0.2) is 0 Å². The van der Waals surface area contributed by atoms with Crippen LogP contribution in [0.25, 0.3) is 0 Å².